The minimum atomic E-state index is -0.632. The first-order valence-corrected chi connectivity index (χ1v) is 8.51. The van der Waals surface area contributed by atoms with Crippen LogP contribution < -0.4 is 5.32 Å². The van der Waals surface area contributed by atoms with Crippen LogP contribution in [0, 0.1) is 3.57 Å². The van der Waals surface area contributed by atoms with E-state index in [9.17, 15) is 4.79 Å². The number of hydrogen-bond donors (Lipinski definition) is 1. The van der Waals surface area contributed by atoms with E-state index in [2.05, 4.69) is 34.8 Å². The van der Waals surface area contributed by atoms with Gasteiger partial charge in [0.1, 0.15) is 0 Å². The number of nitrogens with one attached hydrogen (secondary N) is 1. The molecule has 0 spiro atoms. The Hall–Kier alpha value is -0.860. The van der Waals surface area contributed by atoms with Crippen LogP contribution in [0.1, 0.15) is 44.5 Å². The molecule has 0 heterocycles. The van der Waals surface area contributed by atoms with E-state index >= 15 is 0 Å². The first-order chi connectivity index (χ1) is 10.6. The van der Waals surface area contributed by atoms with Crippen LogP contribution in [-0.4, -0.2) is 26.5 Å². The first-order valence-electron chi connectivity index (χ1n) is 7.43. The molecule has 0 aliphatic carbocycles. The monoisotopic (exact) mass is 421 g/mol. The summed E-state index contributed by atoms with van der Waals surface area (Å²) >= 11 is 2.23. The van der Waals surface area contributed by atoms with E-state index in [4.69, 9.17) is 14.2 Å². The number of amides is 1. The molecule has 1 aromatic carbocycles. The predicted octanol–water partition coefficient (Wildman–Crippen LogP) is 4.22. The number of carbonyl (C=O) groups excluding carboxylic acids is 1. The number of ether oxygens (including phenoxy) is 3. The molecule has 0 aliphatic heterocycles. The normalized spacial score (nSPS) is 13.5. The van der Waals surface area contributed by atoms with Gasteiger partial charge in [0.05, 0.1) is 0 Å². The van der Waals surface area contributed by atoms with Crippen molar-refractivity contribution >= 4 is 28.7 Å². The van der Waals surface area contributed by atoms with Crippen molar-refractivity contribution in [2.45, 2.75) is 45.2 Å². The molecule has 124 valence electrons. The molecule has 6 heteroatoms. The molecule has 0 saturated carbocycles. The quantitative estimate of drug-likeness (QED) is 0.369. The fourth-order valence-corrected chi connectivity index (χ4v) is 2.60. The van der Waals surface area contributed by atoms with E-state index in [1.165, 1.54) is 7.05 Å². The van der Waals surface area contributed by atoms with Crippen LogP contribution in [0.25, 0.3) is 0 Å². The van der Waals surface area contributed by atoms with Gasteiger partial charge in [-0.15, -0.1) is 0 Å². The summed E-state index contributed by atoms with van der Waals surface area (Å²) in [5.74, 6) is 0. The second-order valence-electron chi connectivity index (χ2n) is 4.81. The van der Waals surface area contributed by atoms with Crippen molar-refractivity contribution in [1.29, 1.82) is 0 Å². The highest BCUT2D eigenvalue weighted by atomic mass is 127. The largest absolute Gasteiger partial charge is 0.420 e. The van der Waals surface area contributed by atoms with Crippen LogP contribution in [0.5, 0.6) is 0 Å². The molecule has 2 atom stereocenters. The van der Waals surface area contributed by atoms with E-state index in [-0.39, 0.29) is 0 Å². The zero-order valence-electron chi connectivity index (χ0n) is 13.3. The lowest BCUT2D eigenvalue weighted by Gasteiger charge is -2.24. The molecule has 0 radical (unpaired) electrons. The molecule has 0 aromatic heterocycles. The summed E-state index contributed by atoms with van der Waals surface area (Å²) in [5, 5.41) is 2.44. The highest BCUT2D eigenvalue weighted by molar-refractivity contribution is 14.1. The molecular formula is C16H24INO4. The SMILES string of the molecule is CCCCC[C@H](OC(=O)NC)O[C@H](OC)c1ccccc1I. The number of halogens is 1. The lowest BCUT2D eigenvalue weighted by molar-refractivity contribution is -0.224. The second kappa shape index (κ2) is 10.8. The number of benzene rings is 1. The fourth-order valence-electron chi connectivity index (χ4n) is 1.95. The highest BCUT2D eigenvalue weighted by Crippen LogP contribution is 2.26. The Kier molecular flexibility index (Phi) is 9.42. The molecule has 1 rings (SSSR count). The maximum absolute atomic E-state index is 11.5. The standard InChI is InChI=1S/C16H24INO4/c1-4-5-6-11-14(22-16(19)18-2)21-15(20-3)12-9-7-8-10-13(12)17/h7-10,14-15H,4-6,11H2,1-3H3,(H,18,19)/t14-,15-/m0/s1. The average Bonchev–Trinajstić information content (AvgIpc) is 2.53. The van der Waals surface area contributed by atoms with Gasteiger partial charge in [-0.25, -0.2) is 4.79 Å². The smallest absolute Gasteiger partial charge is 0.409 e. The van der Waals surface area contributed by atoms with Crippen LogP contribution in [0.15, 0.2) is 24.3 Å². The lowest BCUT2D eigenvalue weighted by atomic mass is 10.2. The highest BCUT2D eigenvalue weighted by Gasteiger charge is 2.22. The van der Waals surface area contributed by atoms with Gasteiger partial charge < -0.3 is 19.5 Å². The summed E-state index contributed by atoms with van der Waals surface area (Å²) in [6.45, 7) is 2.12. The van der Waals surface area contributed by atoms with Gasteiger partial charge in [0.15, 0.2) is 6.29 Å². The van der Waals surface area contributed by atoms with Crippen molar-refractivity contribution < 1.29 is 19.0 Å². The summed E-state index contributed by atoms with van der Waals surface area (Å²) in [4.78, 5) is 11.5. The van der Waals surface area contributed by atoms with Crippen molar-refractivity contribution in [3.63, 3.8) is 0 Å². The molecule has 1 amide bonds. The van der Waals surface area contributed by atoms with Gasteiger partial charge in [0.25, 0.3) is 0 Å². The number of unbranched alkanes of at least 4 members (excludes halogenated alkanes) is 2. The van der Waals surface area contributed by atoms with Gasteiger partial charge >= 0.3 is 6.09 Å². The van der Waals surface area contributed by atoms with Gasteiger partial charge in [0.2, 0.25) is 6.29 Å². The Bertz CT molecular complexity index is 456. The summed E-state index contributed by atoms with van der Waals surface area (Å²) in [6, 6.07) is 7.81. The van der Waals surface area contributed by atoms with Crippen LogP contribution in [-0.2, 0) is 14.2 Å². The third-order valence-corrected chi connectivity index (χ3v) is 4.12. The Morgan fingerprint density at radius 3 is 2.64 bits per heavy atom. The predicted molar refractivity (Wildman–Crippen MR) is 93.5 cm³/mol. The number of carbonyl (C=O) groups is 1. The third-order valence-electron chi connectivity index (χ3n) is 3.13. The minimum Gasteiger partial charge on any atom is -0.420 e. The summed E-state index contributed by atoms with van der Waals surface area (Å²) in [5.41, 5.74) is 0.923. The molecule has 1 N–H and O–H groups in total. The fraction of sp³-hybridized carbons (Fsp3) is 0.562. The maximum atomic E-state index is 11.5. The van der Waals surface area contributed by atoms with E-state index < -0.39 is 18.7 Å². The van der Waals surface area contributed by atoms with E-state index in [0.29, 0.717) is 6.42 Å². The van der Waals surface area contributed by atoms with Crippen molar-refractivity contribution in [3.05, 3.63) is 33.4 Å². The van der Waals surface area contributed by atoms with Crippen LogP contribution >= 0.6 is 22.6 Å². The number of methoxy groups -OCH3 is 1. The Labute approximate surface area is 145 Å². The van der Waals surface area contributed by atoms with Gasteiger partial charge in [-0.2, -0.15) is 0 Å². The third kappa shape index (κ3) is 6.50. The first kappa shape index (κ1) is 19.2. The van der Waals surface area contributed by atoms with Gasteiger partial charge in [-0.1, -0.05) is 38.0 Å². The second-order valence-corrected chi connectivity index (χ2v) is 5.97. The molecule has 0 unspecified atom stereocenters. The van der Waals surface area contributed by atoms with E-state index in [0.717, 1.165) is 28.4 Å². The van der Waals surface area contributed by atoms with E-state index in [1.54, 1.807) is 7.11 Å². The molecule has 0 aliphatic rings. The van der Waals surface area contributed by atoms with Crippen molar-refractivity contribution in [3.8, 4) is 0 Å². The van der Waals surface area contributed by atoms with Gasteiger partial charge in [-0.05, 0) is 35.1 Å². The van der Waals surface area contributed by atoms with Crippen LogP contribution in [0.4, 0.5) is 4.79 Å². The summed E-state index contributed by atoms with van der Waals surface area (Å²) < 4.78 is 17.6. The molecular weight excluding hydrogens is 397 g/mol. The zero-order chi connectivity index (χ0) is 16.4. The number of hydrogen-bond acceptors (Lipinski definition) is 4. The lowest BCUT2D eigenvalue weighted by Crippen LogP contribution is -2.29. The van der Waals surface area contributed by atoms with Crippen LogP contribution in [0.3, 0.4) is 0 Å². The molecule has 5 nitrogen and oxygen atoms in total. The van der Waals surface area contributed by atoms with Gasteiger partial charge in [-0.3, -0.25) is 0 Å². The maximum Gasteiger partial charge on any atom is 0.409 e. The van der Waals surface area contributed by atoms with Crippen molar-refractivity contribution in [1.82, 2.24) is 5.32 Å². The molecule has 22 heavy (non-hydrogen) atoms. The summed E-state index contributed by atoms with van der Waals surface area (Å²) in [6.07, 6.45) is 2.04. The molecule has 0 fully saturated rings. The Morgan fingerprint density at radius 1 is 1.32 bits per heavy atom. The summed E-state index contributed by atoms with van der Waals surface area (Å²) in [7, 11) is 3.11. The van der Waals surface area contributed by atoms with Crippen LogP contribution in [0.2, 0.25) is 0 Å². The van der Waals surface area contributed by atoms with E-state index in [1.807, 2.05) is 24.3 Å². The van der Waals surface area contributed by atoms with Gasteiger partial charge in [0, 0.05) is 29.7 Å². The number of rotatable bonds is 9. The molecule has 0 bridgehead atoms. The molecule has 1 aromatic rings. The minimum absolute atomic E-state index is 0.501. The Balaban J connectivity index is 2.75. The molecule has 0 saturated heterocycles. The van der Waals surface area contributed by atoms with Crippen molar-refractivity contribution in [2.24, 2.45) is 0 Å². The van der Waals surface area contributed by atoms with Crippen molar-refractivity contribution in [2.75, 3.05) is 14.2 Å². The topological polar surface area (TPSA) is 56.8 Å². The number of alkyl carbamates (subject to hydrolysis) is 1. The average molecular weight is 421 g/mol. The zero-order valence-corrected chi connectivity index (χ0v) is 15.5. The Morgan fingerprint density at radius 2 is 2.05 bits per heavy atom.